The van der Waals surface area contributed by atoms with Gasteiger partial charge in [0, 0.05) is 22.7 Å². The number of amides is 2. The summed E-state index contributed by atoms with van der Waals surface area (Å²) in [7, 11) is 0. The van der Waals surface area contributed by atoms with Crippen LogP contribution in [-0.2, 0) is 33.8 Å². The Bertz CT molecular complexity index is 931. The Morgan fingerprint density at radius 2 is 1.91 bits per heavy atom. The molecule has 172 valence electrons. The number of alkyl carbamates (subject to hydrolysis) is 1. The largest absolute Gasteiger partial charge is 0.445 e. The van der Waals surface area contributed by atoms with Gasteiger partial charge in [-0.25, -0.2) is 4.79 Å². The molecule has 0 aliphatic carbocycles. The van der Waals surface area contributed by atoms with Crippen molar-refractivity contribution in [2.24, 2.45) is 5.92 Å². The fourth-order valence-electron chi connectivity index (χ4n) is 3.40. The molecular weight excluding hydrogens is 430 g/mol. The van der Waals surface area contributed by atoms with E-state index in [4.69, 9.17) is 4.74 Å². The summed E-state index contributed by atoms with van der Waals surface area (Å²) in [6.07, 6.45) is -1.09. The second kappa shape index (κ2) is 11.2. The number of carbonyl (C=O) groups is 3. The first-order valence-electron chi connectivity index (χ1n) is 10.6. The van der Waals surface area contributed by atoms with Crippen molar-refractivity contribution in [1.29, 1.82) is 0 Å². The van der Waals surface area contributed by atoms with Crippen LogP contribution < -0.4 is 16.0 Å². The lowest BCUT2D eigenvalue weighted by Gasteiger charge is -2.26. The summed E-state index contributed by atoms with van der Waals surface area (Å²) in [5.74, 6) is -1.26. The van der Waals surface area contributed by atoms with Crippen LogP contribution in [0.25, 0.3) is 0 Å². The Labute approximate surface area is 191 Å². The molecule has 3 rings (SSSR count). The van der Waals surface area contributed by atoms with Gasteiger partial charge in [-0.1, -0.05) is 44.2 Å². The Balaban J connectivity index is 1.65. The van der Waals surface area contributed by atoms with Crippen molar-refractivity contribution in [3.8, 4) is 0 Å². The van der Waals surface area contributed by atoms with Gasteiger partial charge in [0.25, 0.3) is 0 Å². The molecule has 0 fully saturated rings. The summed E-state index contributed by atoms with van der Waals surface area (Å²) in [6, 6.07) is 11.3. The monoisotopic (exact) mass is 459 g/mol. The number of carbonyl (C=O) groups excluding carboxylic acids is 3. The zero-order chi connectivity index (χ0) is 23.1. The lowest BCUT2D eigenvalue weighted by atomic mass is 10.0. The summed E-state index contributed by atoms with van der Waals surface area (Å²) in [5.41, 5.74) is 0.831. The van der Waals surface area contributed by atoms with E-state index in [2.05, 4.69) is 16.0 Å². The second-order valence-corrected chi connectivity index (χ2v) is 9.32. The molecule has 9 heteroatoms. The molecule has 1 aromatic heterocycles. The van der Waals surface area contributed by atoms with Crippen LogP contribution in [0.15, 0.2) is 42.5 Å². The molecule has 3 unspecified atom stereocenters. The van der Waals surface area contributed by atoms with Crippen LogP contribution in [0.2, 0.25) is 0 Å². The van der Waals surface area contributed by atoms with E-state index in [1.165, 1.54) is 0 Å². The molecule has 2 heterocycles. The summed E-state index contributed by atoms with van der Waals surface area (Å²) in [6.45, 7) is 4.12. The zero-order valence-corrected chi connectivity index (χ0v) is 19.0. The van der Waals surface area contributed by atoms with Crippen LogP contribution >= 0.6 is 11.3 Å². The first-order chi connectivity index (χ1) is 15.3. The fourth-order valence-corrected chi connectivity index (χ4v) is 4.46. The number of nitrogens with one attached hydrogen (secondary N) is 3. The minimum atomic E-state index is -1.37. The Morgan fingerprint density at radius 1 is 1.19 bits per heavy atom. The molecule has 0 spiro atoms. The van der Waals surface area contributed by atoms with Crippen molar-refractivity contribution in [3.63, 3.8) is 0 Å². The van der Waals surface area contributed by atoms with E-state index >= 15 is 0 Å². The van der Waals surface area contributed by atoms with E-state index < -0.39 is 36.1 Å². The normalized spacial score (nSPS) is 19.8. The predicted octanol–water partition coefficient (Wildman–Crippen LogP) is 1.76. The number of benzene rings is 1. The zero-order valence-electron chi connectivity index (χ0n) is 18.2. The minimum absolute atomic E-state index is 0.0821. The van der Waals surface area contributed by atoms with Gasteiger partial charge in [0.1, 0.15) is 12.6 Å². The van der Waals surface area contributed by atoms with Gasteiger partial charge < -0.3 is 20.5 Å². The molecule has 1 aromatic carbocycles. The number of aliphatic hydroxyl groups excluding tert-OH is 1. The van der Waals surface area contributed by atoms with Crippen molar-refractivity contribution in [3.05, 3.63) is 57.8 Å². The quantitative estimate of drug-likeness (QED) is 0.523. The van der Waals surface area contributed by atoms with Crippen LogP contribution in [0.3, 0.4) is 0 Å². The van der Waals surface area contributed by atoms with Crippen molar-refractivity contribution in [2.45, 2.75) is 51.6 Å². The van der Waals surface area contributed by atoms with Gasteiger partial charge in [-0.05, 0) is 30.0 Å². The van der Waals surface area contributed by atoms with Gasteiger partial charge in [0.05, 0.1) is 6.04 Å². The third-order valence-electron chi connectivity index (χ3n) is 5.20. The number of Topliss-reactive ketones (excluding diaryl/α,β-unsaturated/α-hetero) is 1. The second-order valence-electron chi connectivity index (χ2n) is 8.07. The standard InChI is InChI=1S/C23H29N3O5S/c1-14(2)19(26-23(30)31-13-15-6-4-3-5-7-15)21(28)25-18-12-17-9-8-16(32-17)10-11-24-22(29)20(18)27/h3-9,14,18-19,22,24,29H,10-13H2,1-2H3,(H,25,28)(H,26,30). The summed E-state index contributed by atoms with van der Waals surface area (Å²) < 4.78 is 5.23. The maximum atomic E-state index is 13.0. The van der Waals surface area contributed by atoms with Crippen LogP contribution in [-0.4, -0.2) is 47.7 Å². The number of fused-ring (bicyclic) bond motifs is 2. The number of rotatable bonds is 6. The highest BCUT2D eigenvalue weighted by Crippen LogP contribution is 2.20. The molecule has 2 bridgehead atoms. The van der Waals surface area contributed by atoms with Gasteiger partial charge in [-0.15, -0.1) is 11.3 Å². The van der Waals surface area contributed by atoms with Gasteiger partial charge in [0.2, 0.25) is 5.91 Å². The number of hydrogen-bond donors (Lipinski definition) is 4. The van der Waals surface area contributed by atoms with Gasteiger partial charge >= 0.3 is 6.09 Å². The van der Waals surface area contributed by atoms with Gasteiger partial charge in [-0.3, -0.25) is 14.9 Å². The average molecular weight is 460 g/mol. The minimum Gasteiger partial charge on any atom is -0.445 e. The Morgan fingerprint density at radius 3 is 2.62 bits per heavy atom. The van der Waals surface area contributed by atoms with E-state index in [1.807, 2.05) is 42.5 Å². The van der Waals surface area contributed by atoms with E-state index in [-0.39, 0.29) is 18.9 Å². The topological polar surface area (TPSA) is 117 Å². The van der Waals surface area contributed by atoms with Crippen LogP contribution in [0.4, 0.5) is 4.79 Å². The summed E-state index contributed by atoms with van der Waals surface area (Å²) in [4.78, 5) is 40.1. The van der Waals surface area contributed by atoms with Crippen LogP contribution in [0.1, 0.15) is 29.2 Å². The van der Waals surface area contributed by atoms with Crippen molar-refractivity contribution < 1.29 is 24.2 Å². The van der Waals surface area contributed by atoms with Crippen LogP contribution in [0, 0.1) is 5.92 Å². The average Bonchev–Trinajstić information content (AvgIpc) is 3.21. The first-order valence-corrected chi connectivity index (χ1v) is 11.5. The van der Waals surface area contributed by atoms with E-state index in [0.29, 0.717) is 6.54 Å². The smallest absolute Gasteiger partial charge is 0.408 e. The highest BCUT2D eigenvalue weighted by molar-refractivity contribution is 7.12. The molecular formula is C23H29N3O5S. The first kappa shape index (κ1) is 23.9. The number of aliphatic hydroxyl groups is 1. The molecule has 32 heavy (non-hydrogen) atoms. The van der Waals surface area contributed by atoms with Crippen molar-refractivity contribution >= 4 is 29.1 Å². The number of hydrogen-bond acceptors (Lipinski definition) is 7. The highest BCUT2D eigenvalue weighted by atomic mass is 32.1. The molecule has 0 radical (unpaired) electrons. The molecule has 0 saturated carbocycles. The fraction of sp³-hybridized carbons (Fsp3) is 0.435. The van der Waals surface area contributed by atoms with E-state index in [9.17, 15) is 19.5 Å². The lowest BCUT2D eigenvalue weighted by molar-refractivity contribution is -0.135. The Hall–Kier alpha value is -2.75. The van der Waals surface area contributed by atoms with E-state index in [0.717, 1.165) is 21.7 Å². The maximum absolute atomic E-state index is 13.0. The number of ketones is 1. The maximum Gasteiger partial charge on any atom is 0.408 e. The Kier molecular flexibility index (Phi) is 8.38. The third kappa shape index (κ3) is 6.62. The molecule has 1 aliphatic rings. The van der Waals surface area contributed by atoms with Crippen molar-refractivity contribution in [1.82, 2.24) is 16.0 Å². The van der Waals surface area contributed by atoms with Gasteiger partial charge in [0.15, 0.2) is 12.0 Å². The molecule has 8 nitrogen and oxygen atoms in total. The summed E-state index contributed by atoms with van der Waals surface area (Å²) >= 11 is 1.58. The predicted molar refractivity (Wildman–Crippen MR) is 121 cm³/mol. The van der Waals surface area contributed by atoms with Crippen molar-refractivity contribution in [2.75, 3.05) is 6.54 Å². The lowest BCUT2D eigenvalue weighted by Crippen LogP contribution is -2.57. The SMILES string of the molecule is CC(C)C(NC(=O)OCc1ccccc1)C(=O)NC1Cc2ccc(s2)CCNC(O)C1=O. The van der Waals surface area contributed by atoms with E-state index in [1.54, 1.807) is 25.2 Å². The van der Waals surface area contributed by atoms with Crippen LogP contribution in [0.5, 0.6) is 0 Å². The molecule has 2 aromatic rings. The molecule has 0 saturated heterocycles. The molecule has 2 amide bonds. The van der Waals surface area contributed by atoms with Gasteiger partial charge in [-0.2, -0.15) is 0 Å². The number of thiophene rings is 1. The highest BCUT2D eigenvalue weighted by Gasteiger charge is 2.32. The molecule has 1 aliphatic heterocycles. The summed E-state index contributed by atoms with van der Waals surface area (Å²) in [5, 5.41) is 18.3. The molecule has 4 N–H and O–H groups in total. The number of ether oxygens (including phenoxy) is 1. The third-order valence-corrected chi connectivity index (χ3v) is 6.36. The molecule has 3 atom stereocenters.